The summed E-state index contributed by atoms with van der Waals surface area (Å²) in [5, 5.41) is 10.8. The molecule has 88 valence electrons. The van der Waals surface area contributed by atoms with E-state index in [1.807, 2.05) is 20.9 Å². The van der Waals surface area contributed by atoms with Gasteiger partial charge >= 0.3 is 0 Å². The molecule has 5 nitrogen and oxygen atoms in total. The zero-order valence-corrected chi connectivity index (χ0v) is 10.3. The van der Waals surface area contributed by atoms with E-state index in [1.54, 1.807) is 6.92 Å². The SMILES string of the molecule is CC.CC(=N)c1ncnc2c1NCCN2C. The number of hydrogen-bond donors (Lipinski definition) is 2. The summed E-state index contributed by atoms with van der Waals surface area (Å²) in [6, 6.07) is 0. The van der Waals surface area contributed by atoms with E-state index in [1.165, 1.54) is 6.33 Å². The minimum atomic E-state index is 0.464. The highest BCUT2D eigenvalue weighted by molar-refractivity contribution is 6.01. The Balaban J connectivity index is 0.000000606. The van der Waals surface area contributed by atoms with Gasteiger partial charge in [-0.2, -0.15) is 0 Å². The fraction of sp³-hybridized carbons (Fsp3) is 0.545. The third-order valence-corrected chi connectivity index (χ3v) is 2.29. The molecule has 0 unspecified atom stereocenters. The summed E-state index contributed by atoms with van der Waals surface area (Å²) in [5.74, 6) is 0.882. The van der Waals surface area contributed by atoms with Gasteiger partial charge in [-0.25, -0.2) is 9.97 Å². The second kappa shape index (κ2) is 5.44. The van der Waals surface area contributed by atoms with Crippen molar-refractivity contribution in [1.29, 1.82) is 5.41 Å². The summed E-state index contributed by atoms with van der Waals surface area (Å²) in [5.41, 5.74) is 2.04. The van der Waals surface area contributed by atoms with Crippen LogP contribution in [0.4, 0.5) is 11.5 Å². The standard InChI is InChI=1S/C9H13N5.C2H6/c1-6(10)7-8-9(13-5-12-7)14(2)4-3-11-8;1-2/h5,10-11H,3-4H2,1-2H3;1-2H3. The van der Waals surface area contributed by atoms with Gasteiger partial charge in [-0.15, -0.1) is 0 Å². The van der Waals surface area contributed by atoms with E-state index in [2.05, 4.69) is 20.2 Å². The Morgan fingerprint density at radius 3 is 2.75 bits per heavy atom. The van der Waals surface area contributed by atoms with Gasteiger partial charge < -0.3 is 15.6 Å². The first-order valence-corrected chi connectivity index (χ1v) is 5.55. The zero-order chi connectivity index (χ0) is 12.1. The molecule has 1 aliphatic rings. The summed E-state index contributed by atoms with van der Waals surface area (Å²) >= 11 is 0. The number of likely N-dealkylation sites (N-methyl/N-ethyl adjacent to an activating group) is 1. The molecule has 5 heteroatoms. The first-order chi connectivity index (χ1) is 7.70. The molecule has 2 N–H and O–H groups in total. The summed E-state index contributed by atoms with van der Waals surface area (Å²) in [7, 11) is 2.00. The quantitative estimate of drug-likeness (QED) is 0.709. The molecule has 0 aromatic carbocycles. The van der Waals surface area contributed by atoms with Crippen molar-refractivity contribution in [1.82, 2.24) is 9.97 Å². The van der Waals surface area contributed by atoms with Gasteiger partial charge in [0.25, 0.3) is 0 Å². The van der Waals surface area contributed by atoms with Crippen LogP contribution in [-0.4, -0.2) is 35.8 Å². The van der Waals surface area contributed by atoms with Crippen molar-refractivity contribution < 1.29 is 0 Å². The molecular formula is C11H19N5. The molecule has 2 heterocycles. The van der Waals surface area contributed by atoms with Gasteiger partial charge in [0.05, 0.1) is 5.71 Å². The van der Waals surface area contributed by atoms with E-state index in [9.17, 15) is 0 Å². The monoisotopic (exact) mass is 221 g/mol. The zero-order valence-electron chi connectivity index (χ0n) is 10.3. The van der Waals surface area contributed by atoms with E-state index in [4.69, 9.17) is 5.41 Å². The lowest BCUT2D eigenvalue weighted by molar-refractivity contribution is 0.854. The number of aromatic nitrogens is 2. The molecule has 0 atom stereocenters. The minimum absolute atomic E-state index is 0.464. The number of nitrogens with zero attached hydrogens (tertiary/aromatic N) is 3. The Kier molecular flexibility index (Phi) is 4.22. The fourth-order valence-corrected chi connectivity index (χ4v) is 1.57. The Labute approximate surface area is 96.4 Å². The van der Waals surface area contributed by atoms with Gasteiger partial charge in [-0.1, -0.05) is 13.8 Å². The van der Waals surface area contributed by atoms with Crippen molar-refractivity contribution in [3.05, 3.63) is 12.0 Å². The Bertz CT molecular complexity index is 375. The van der Waals surface area contributed by atoms with Gasteiger partial charge in [0, 0.05) is 20.1 Å². The van der Waals surface area contributed by atoms with Crippen LogP contribution in [0.25, 0.3) is 0 Å². The van der Waals surface area contributed by atoms with E-state index in [0.717, 1.165) is 24.6 Å². The van der Waals surface area contributed by atoms with Crippen LogP contribution >= 0.6 is 0 Å². The molecular weight excluding hydrogens is 202 g/mol. The van der Waals surface area contributed by atoms with Crippen molar-refractivity contribution in [3.8, 4) is 0 Å². The molecule has 16 heavy (non-hydrogen) atoms. The van der Waals surface area contributed by atoms with Crippen molar-refractivity contribution in [2.24, 2.45) is 0 Å². The van der Waals surface area contributed by atoms with E-state index in [0.29, 0.717) is 11.4 Å². The lowest BCUT2D eigenvalue weighted by Crippen LogP contribution is -2.32. The Hall–Kier alpha value is -1.65. The molecule has 1 aliphatic heterocycles. The number of nitrogens with one attached hydrogen (secondary N) is 2. The molecule has 1 aromatic heterocycles. The highest BCUT2D eigenvalue weighted by atomic mass is 15.2. The molecule has 0 aliphatic carbocycles. The maximum atomic E-state index is 7.59. The number of fused-ring (bicyclic) bond motifs is 1. The normalized spacial score (nSPS) is 13.1. The van der Waals surface area contributed by atoms with Crippen LogP contribution in [0.15, 0.2) is 6.33 Å². The van der Waals surface area contributed by atoms with E-state index in [-0.39, 0.29) is 0 Å². The first kappa shape index (κ1) is 12.4. The maximum Gasteiger partial charge on any atom is 0.155 e. The third kappa shape index (κ3) is 2.29. The molecule has 1 aromatic rings. The van der Waals surface area contributed by atoms with Crippen molar-refractivity contribution in [3.63, 3.8) is 0 Å². The summed E-state index contributed by atoms with van der Waals surface area (Å²) in [6.07, 6.45) is 1.51. The molecule has 0 bridgehead atoms. The number of rotatable bonds is 1. The first-order valence-electron chi connectivity index (χ1n) is 5.55. The summed E-state index contributed by atoms with van der Waals surface area (Å²) < 4.78 is 0. The smallest absolute Gasteiger partial charge is 0.155 e. The molecule has 2 rings (SSSR count). The van der Waals surface area contributed by atoms with E-state index >= 15 is 0 Å². The molecule has 0 saturated carbocycles. The fourth-order valence-electron chi connectivity index (χ4n) is 1.57. The predicted octanol–water partition coefficient (Wildman–Crippen LogP) is 1.75. The average Bonchev–Trinajstić information content (AvgIpc) is 2.31. The molecule has 0 saturated heterocycles. The largest absolute Gasteiger partial charge is 0.378 e. The van der Waals surface area contributed by atoms with Crippen LogP contribution in [0.3, 0.4) is 0 Å². The minimum Gasteiger partial charge on any atom is -0.378 e. The lowest BCUT2D eigenvalue weighted by atomic mass is 10.2. The molecule has 0 radical (unpaired) electrons. The Morgan fingerprint density at radius 2 is 2.12 bits per heavy atom. The topological polar surface area (TPSA) is 64.9 Å². The maximum absolute atomic E-state index is 7.59. The summed E-state index contributed by atoms with van der Waals surface area (Å²) in [6.45, 7) is 7.54. The van der Waals surface area contributed by atoms with Crippen LogP contribution in [0.2, 0.25) is 0 Å². The van der Waals surface area contributed by atoms with Crippen LogP contribution in [0, 0.1) is 5.41 Å². The van der Waals surface area contributed by atoms with Gasteiger partial charge in [0.15, 0.2) is 5.82 Å². The van der Waals surface area contributed by atoms with Crippen molar-refractivity contribution in [2.45, 2.75) is 20.8 Å². The van der Waals surface area contributed by atoms with Gasteiger partial charge in [0.2, 0.25) is 0 Å². The molecule has 0 spiro atoms. The number of anilines is 2. The molecule has 0 fully saturated rings. The highest BCUT2D eigenvalue weighted by Crippen LogP contribution is 2.27. The third-order valence-electron chi connectivity index (χ3n) is 2.29. The van der Waals surface area contributed by atoms with Gasteiger partial charge in [-0.05, 0) is 6.92 Å². The van der Waals surface area contributed by atoms with Gasteiger partial charge in [0.1, 0.15) is 17.7 Å². The second-order valence-corrected chi connectivity index (χ2v) is 3.39. The average molecular weight is 221 g/mol. The van der Waals surface area contributed by atoms with E-state index < -0.39 is 0 Å². The van der Waals surface area contributed by atoms with Crippen LogP contribution < -0.4 is 10.2 Å². The van der Waals surface area contributed by atoms with Crippen molar-refractivity contribution >= 4 is 17.2 Å². The van der Waals surface area contributed by atoms with Gasteiger partial charge in [-0.3, -0.25) is 0 Å². The molecule has 0 amide bonds. The number of hydrogen-bond acceptors (Lipinski definition) is 5. The second-order valence-electron chi connectivity index (χ2n) is 3.39. The predicted molar refractivity (Wildman–Crippen MR) is 67.6 cm³/mol. The summed E-state index contributed by atoms with van der Waals surface area (Å²) in [4.78, 5) is 10.4. The van der Waals surface area contributed by atoms with Crippen LogP contribution in [0.1, 0.15) is 26.5 Å². The lowest BCUT2D eigenvalue weighted by Gasteiger charge is -2.27. The highest BCUT2D eigenvalue weighted by Gasteiger charge is 2.19. The van der Waals surface area contributed by atoms with Crippen LogP contribution in [-0.2, 0) is 0 Å². The van der Waals surface area contributed by atoms with Crippen LogP contribution in [0.5, 0.6) is 0 Å². The Morgan fingerprint density at radius 1 is 1.44 bits per heavy atom. The van der Waals surface area contributed by atoms with Crippen molar-refractivity contribution in [2.75, 3.05) is 30.4 Å².